The molecule has 2 aliphatic rings. The highest BCUT2D eigenvalue weighted by Crippen LogP contribution is 2.34. The summed E-state index contributed by atoms with van der Waals surface area (Å²) in [6.07, 6.45) is 1.51. The van der Waals surface area contributed by atoms with Crippen LogP contribution in [0, 0.1) is 0 Å². The smallest absolute Gasteiger partial charge is 0.254 e. The number of anilines is 1. The normalized spacial score (nSPS) is 22.0. The molecule has 3 heterocycles. The van der Waals surface area contributed by atoms with Crippen molar-refractivity contribution in [2.75, 3.05) is 23.1 Å². The average molecular weight is 377 g/mol. The second kappa shape index (κ2) is 6.14. The first kappa shape index (κ1) is 16.6. The molecule has 1 amide bonds. The van der Waals surface area contributed by atoms with E-state index in [0.29, 0.717) is 30.8 Å². The monoisotopic (exact) mass is 376 g/mol. The first-order chi connectivity index (χ1) is 12.0. The Morgan fingerprint density at radius 3 is 2.84 bits per heavy atom. The second-order valence-corrected chi connectivity index (χ2v) is 9.53. The minimum Gasteiger partial charge on any atom is -0.331 e. The Morgan fingerprint density at radius 2 is 2.08 bits per heavy atom. The van der Waals surface area contributed by atoms with E-state index in [1.807, 2.05) is 4.90 Å². The van der Waals surface area contributed by atoms with Crippen molar-refractivity contribution in [3.63, 3.8) is 0 Å². The SMILES string of the molecule is C[C@@H]1c2ccsc2CCN1C(=O)c1cccc(N2CCCS2(=O)=O)c1. The van der Waals surface area contributed by atoms with E-state index < -0.39 is 10.0 Å². The van der Waals surface area contributed by atoms with Gasteiger partial charge in [0.25, 0.3) is 5.91 Å². The van der Waals surface area contributed by atoms with Gasteiger partial charge in [0.15, 0.2) is 0 Å². The molecule has 0 N–H and O–H groups in total. The lowest BCUT2D eigenvalue weighted by Gasteiger charge is -2.34. The number of nitrogens with zero attached hydrogens (tertiary/aromatic N) is 2. The van der Waals surface area contributed by atoms with Crippen molar-refractivity contribution < 1.29 is 13.2 Å². The largest absolute Gasteiger partial charge is 0.331 e. The zero-order valence-electron chi connectivity index (χ0n) is 14.0. The minimum atomic E-state index is -3.24. The van der Waals surface area contributed by atoms with Gasteiger partial charge in [-0.25, -0.2) is 8.42 Å². The number of hydrogen-bond acceptors (Lipinski definition) is 4. The molecule has 1 aromatic heterocycles. The van der Waals surface area contributed by atoms with E-state index in [0.717, 1.165) is 6.42 Å². The number of fused-ring (bicyclic) bond motifs is 1. The molecule has 7 heteroatoms. The molecule has 1 fully saturated rings. The lowest BCUT2D eigenvalue weighted by Crippen LogP contribution is -2.38. The molecule has 132 valence electrons. The van der Waals surface area contributed by atoms with Crippen molar-refractivity contribution in [3.05, 3.63) is 51.7 Å². The molecule has 2 aliphatic heterocycles. The van der Waals surface area contributed by atoms with Crippen molar-refractivity contribution >= 4 is 33.0 Å². The van der Waals surface area contributed by atoms with Crippen LogP contribution in [0.1, 0.15) is 40.2 Å². The number of rotatable bonds is 2. The van der Waals surface area contributed by atoms with Gasteiger partial charge in [0.2, 0.25) is 10.0 Å². The fraction of sp³-hybridized carbons (Fsp3) is 0.389. The summed E-state index contributed by atoms with van der Waals surface area (Å²) in [5, 5.41) is 2.08. The van der Waals surface area contributed by atoms with E-state index in [-0.39, 0.29) is 17.7 Å². The van der Waals surface area contributed by atoms with Crippen LogP contribution in [0.4, 0.5) is 5.69 Å². The highest BCUT2D eigenvalue weighted by molar-refractivity contribution is 7.93. The van der Waals surface area contributed by atoms with Crippen LogP contribution in [0.5, 0.6) is 0 Å². The van der Waals surface area contributed by atoms with Crippen molar-refractivity contribution in [1.29, 1.82) is 0 Å². The number of amides is 1. The predicted octanol–water partition coefficient (Wildman–Crippen LogP) is 3.05. The molecular weight excluding hydrogens is 356 g/mol. The van der Waals surface area contributed by atoms with E-state index in [4.69, 9.17) is 0 Å². The summed E-state index contributed by atoms with van der Waals surface area (Å²) in [7, 11) is -3.24. The van der Waals surface area contributed by atoms with E-state index >= 15 is 0 Å². The summed E-state index contributed by atoms with van der Waals surface area (Å²) in [5.74, 6) is 0.137. The second-order valence-electron chi connectivity index (χ2n) is 6.52. The molecule has 0 saturated carbocycles. The fourth-order valence-corrected chi connectivity index (χ4v) is 6.20. The van der Waals surface area contributed by atoms with Crippen molar-refractivity contribution in [3.8, 4) is 0 Å². The molecule has 0 aliphatic carbocycles. The van der Waals surface area contributed by atoms with Crippen LogP contribution in [0.2, 0.25) is 0 Å². The molecule has 1 saturated heterocycles. The van der Waals surface area contributed by atoms with Crippen molar-refractivity contribution in [2.45, 2.75) is 25.8 Å². The molecule has 0 unspecified atom stereocenters. The summed E-state index contributed by atoms with van der Waals surface area (Å²) in [4.78, 5) is 16.3. The van der Waals surface area contributed by atoms with Crippen LogP contribution in [0.25, 0.3) is 0 Å². The third-order valence-electron chi connectivity index (χ3n) is 5.02. The Labute approximate surface area is 151 Å². The number of thiophene rings is 1. The molecule has 0 spiro atoms. The van der Waals surface area contributed by atoms with Crippen LogP contribution >= 0.6 is 11.3 Å². The Morgan fingerprint density at radius 1 is 1.24 bits per heavy atom. The molecule has 4 rings (SSSR count). The molecule has 0 bridgehead atoms. The first-order valence-corrected chi connectivity index (χ1v) is 10.9. The third kappa shape index (κ3) is 2.85. The minimum absolute atomic E-state index is 0.0391. The lowest BCUT2D eigenvalue weighted by atomic mass is 10.00. The Hall–Kier alpha value is -1.86. The maximum Gasteiger partial charge on any atom is 0.254 e. The van der Waals surface area contributed by atoms with Gasteiger partial charge in [-0.2, -0.15) is 0 Å². The van der Waals surface area contributed by atoms with Crippen molar-refractivity contribution in [2.24, 2.45) is 0 Å². The van der Waals surface area contributed by atoms with E-state index in [9.17, 15) is 13.2 Å². The van der Waals surface area contributed by atoms with Gasteiger partial charge in [-0.3, -0.25) is 9.10 Å². The third-order valence-corrected chi connectivity index (χ3v) is 7.88. The van der Waals surface area contributed by atoms with Crippen molar-refractivity contribution in [1.82, 2.24) is 4.90 Å². The summed E-state index contributed by atoms with van der Waals surface area (Å²) >= 11 is 1.75. The molecule has 1 atom stereocenters. The maximum atomic E-state index is 13.0. The highest BCUT2D eigenvalue weighted by Gasteiger charge is 2.31. The molecule has 2 aromatic rings. The predicted molar refractivity (Wildman–Crippen MR) is 99.7 cm³/mol. The van der Waals surface area contributed by atoms with Crippen LogP contribution in [0.3, 0.4) is 0 Å². The summed E-state index contributed by atoms with van der Waals surface area (Å²) in [5.41, 5.74) is 2.36. The van der Waals surface area contributed by atoms with E-state index in [1.165, 1.54) is 14.7 Å². The zero-order chi connectivity index (χ0) is 17.6. The van der Waals surface area contributed by atoms with Gasteiger partial charge in [-0.15, -0.1) is 11.3 Å². The number of hydrogen-bond donors (Lipinski definition) is 0. The fourth-order valence-electron chi connectivity index (χ4n) is 3.68. The quantitative estimate of drug-likeness (QED) is 0.809. The topological polar surface area (TPSA) is 57.7 Å². The van der Waals surface area contributed by atoms with E-state index in [2.05, 4.69) is 18.4 Å². The number of sulfonamides is 1. The van der Waals surface area contributed by atoms with Gasteiger partial charge in [0.05, 0.1) is 17.5 Å². The molecule has 5 nitrogen and oxygen atoms in total. The maximum absolute atomic E-state index is 13.0. The average Bonchev–Trinajstić information content (AvgIpc) is 3.21. The van der Waals surface area contributed by atoms with Crippen LogP contribution < -0.4 is 4.31 Å². The summed E-state index contributed by atoms with van der Waals surface area (Å²) in [6, 6.07) is 9.14. The first-order valence-electron chi connectivity index (χ1n) is 8.45. The number of benzene rings is 1. The van der Waals surface area contributed by atoms with Gasteiger partial charge < -0.3 is 4.90 Å². The van der Waals surface area contributed by atoms with Gasteiger partial charge in [-0.1, -0.05) is 6.07 Å². The standard InChI is InChI=1S/C18H20N2O3S2/c1-13-16-7-10-24-17(16)6-9-19(13)18(21)14-4-2-5-15(12-14)20-8-3-11-25(20,22)23/h2,4-5,7,10,12-13H,3,6,8-9,11H2,1H3/t13-/m1/s1. The molecule has 25 heavy (non-hydrogen) atoms. The highest BCUT2D eigenvalue weighted by atomic mass is 32.2. The van der Waals surface area contributed by atoms with Gasteiger partial charge in [0.1, 0.15) is 0 Å². The molecule has 1 aromatic carbocycles. The Kier molecular flexibility index (Phi) is 4.08. The van der Waals surface area contributed by atoms with Gasteiger partial charge in [0, 0.05) is 23.5 Å². The number of carbonyl (C=O) groups excluding carboxylic acids is 1. The summed E-state index contributed by atoms with van der Waals surface area (Å²) in [6.45, 7) is 3.23. The lowest BCUT2D eigenvalue weighted by molar-refractivity contribution is 0.0679. The zero-order valence-corrected chi connectivity index (χ0v) is 15.6. The molecule has 0 radical (unpaired) electrons. The van der Waals surface area contributed by atoms with Crippen LogP contribution in [0.15, 0.2) is 35.7 Å². The van der Waals surface area contributed by atoms with E-state index in [1.54, 1.807) is 35.6 Å². The Bertz CT molecular complexity index is 920. The van der Waals surface area contributed by atoms with Crippen LogP contribution in [-0.4, -0.2) is 38.1 Å². The van der Waals surface area contributed by atoms with Gasteiger partial charge in [-0.05, 0) is 55.0 Å². The Balaban J connectivity index is 1.62. The summed E-state index contributed by atoms with van der Waals surface area (Å²) < 4.78 is 25.7. The van der Waals surface area contributed by atoms with Crippen LogP contribution in [-0.2, 0) is 16.4 Å². The van der Waals surface area contributed by atoms with Gasteiger partial charge >= 0.3 is 0 Å². The molecular formula is C18H20N2O3S2. The number of carbonyl (C=O) groups is 1.